The van der Waals surface area contributed by atoms with Gasteiger partial charge < -0.3 is 14.7 Å². The number of benzene rings is 1. The van der Waals surface area contributed by atoms with E-state index >= 15 is 0 Å². The van der Waals surface area contributed by atoms with Crippen LogP contribution in [-0.2, 0) is 4.74 Å². The molecule has 1 aliphatic rings. The maximum atomic E-state index is 14.1. The van der Waals surface area contributed by atoms with Gasteiger partial charge in [0.15, 0.2) is 0 Å². The number of ether oxygens (including phenoxy) is 1. The van der Waals surface area contributed by atoms with Crippen LogP contribution in [0, 0.1) is 5.82 Å². The molecule has 1 aromatic carbocycles. The molecule has 3 atom stereocenters. The Morgan fingerprint density at radius 3 is 2.50 bits per heavy atom. The summed E-state index contributed by atoms with van der Waals surface area (Å²) < 4.78 is 19.7. The number of morpholine rings is 1. The molecule has 3 nitrogen and oxygen atoms in total. The SMILES string of the molecule is CC1CN(c2c(F)cccc2[C@H](C)O)CC(C)O1. The molecule has 0 aliphatic carbocycles. The lowest BCUT2D eigenvalue weighted by Gasteiger charge is -2.38. The van der Waals surface area contributed by atoms with Crippen LogP contribution in [0.4, 0.5) is 10.1 Å². The fraction of sp³-hybridized carbons (Fsp3) is 0.571. The zero-order valence-corrected chi connectivity index (χ0v) is 11.1. The Morgan fingerprint density at radius 2 is 1.94 bits per heavy atom. The highest BCUT2D eigenvalue weighted by atomic mass is 19.1. The van der Waals surface area contributed by atoms with Gasteiger partial charge in [-0.15, -0.1) is 0 Å². The number of halogens is 1. The molecule has 1 heterocycles. The molecule has 0 aromatic heterocycles. The first kappa shape index (κ1) is 13.3. The van der Waals surface area contributed by atoms with Crippen LogP contribution in [-0.4, -0.2) is 30.4 Å². The molecule has 18 heavy (non-hydrogen) atoms. The van der Waals surface area contributed by atoms with Crippen LogP contribution in [0.3, 0.4) is 0 Å². The van der Waals surface area contributed by atoms with Gasteiger partial charge >= 0.3 is 0 Å². The molecule has 0 saturated carbocycles. The van der Waals surface area contributed by atoms with E-state index in [0.29, 0.717) is 24.3 Å². The Kier molecular flexibility index (Phi) is 3.88. The first-order valence-electron chi connectivity index (χ1n) is 6.36. The fourth-order valence-electron chi connectivity index (χ4n) is 2.56. The van der Waals surface area contributed by atoms with Crippen molar-refractivity contribution in [2.75, 3.05) is 18.0 Å². The van der Waals surface area contributed by atoms with Gasteiger partial charge in [0.2, 0.25) is 0 Å². The van der Waals surface area contributed by atoms with Gasteiger partial charge in [-0.3, -0.25) is 0 Å². The number of rotatable bonds is 2. The minimum absolute atomic E-state index is 0.0650. The number of aliphatic hydroxyl groups is 1. The third-order valence-electron chi connectivity index (χ3n) is 3.20. The number of hydrogen-bond donors (Lipinski definition) is 1. The summed E-state index contributed by atoms with van der Waals surface area (Å²) >= 11 is 0. The van der Waals surface area contributed by atoms with Gasteiger partial charge in [0.1, 0.15) is 5.82 Å². The van der Waals surface area contributed by atoms with E-state index in [9.17, 15) is 9.50 Å². The van der Waals surface area contributed by atoms with Crippen molar-refractivity contribution in [1.82, 2.24) is 0 Å². The molecule has 4 heteroatoms. The van der Waals surface area contributed by atoms with Crippen LogP contribution in [0.2, 0.25) is 0 Å². The number of para-hydroxylation sites is 1. The Bertz CT molecular complexity index is 412. The lowest BCUT2D eigenvalue weighted by atomic mass is 10.1. The van der Waals surface area contributed by atoms with Gasteiger partial charge in [-0.1, -0.05) is 12.1 Å². The van der Waals surface area contributed by atoms with E-state index in [2.05, 4.69) is 0 Å². The average molecular weight is 253 g/mol. The predicted molar refractivity (Wildman–Crippen MR) is 69.3 cm³/mol. The van der Waals surface area contributed by atoms with Crippen molar-refractivity contribution in [3.05, 3.63) is 29.6 Å². The second-order valence-corrected chi connectivity index (χ2v) is 5.02. The van der Waals surface area contributed by atoms with Crippen LogP contribution in [0.5, 0.6) is 0 Å². The molecule has 2 rings (SSSR count). The molecule has 1 N–H and O–H groups in total. The summed E-state index contributed by atoms with van der Waals surface area (Å²) in [6.45, 7) is 6.90. The standard InChI is InChI=1S/C14H20FNO2/c1-9-7-16(8-10(2)18-9)14-12(11(3)17)5-4-6-13(14)15/h4-6,9-11,17H,7-8H2,1-3H3/t9?,10?,11-/m0/s1. The lowest BCUT2D eigenvalue weighted by Crippen LogP contribution is -2.46. The molecule has 0 radical (unpaired) electrons. The maximum absolute atomic E-state index is 14.1. The van der Waals surface area contributed by atoms with Crippen molar-refractivity contribution in [2.24, 2.45) is 0 Å². The summed E-state index contributed by atoms with van der Waals surface area (Å²) in [6, 6.07) is 4.84. The van der Waals surface area contributed by atoms with Gasteiger partial charge in [0, 0.05) is 18.7 Å². The van der Waals surface area contributed by atoms with Gasteiger partial charge in [-0.25, -0.2) is 4.39 Å². The van der Waals surface area contributed by atoms with Crippen LogP contribution in [0.15, 0.2) is 18.2 Å². The Morgan fingerprint density at radius 1 is 1.33 bits per heavy atom. The molecule has 100 valence electrons. The first-order chi connectivity index (χ1) is 8.49. The summed E-state index contributed by atoms with van der Waals surface area (Å²) in [6.07, 6.45) is -0.547. The van der Waals surface area contributed by atoms with Crippen LogP contribution >= 0.6 is 0 Å². The largest absolute Gasteiger partial charge is 0.389 e. The van der Waals surface area contributed by atoms with E-state index in [4.69, 9.17) is 4.74 Å². The van der Waals surface area contributed by atoms with Gasteiger partial charge in [-0.05, 0) is 26.8 Å². The molecule has 2 unspecified atom stereocenters. The van der Waals surface area contributed by atoms with Crippen molar-refractivity contribution >= 4 is 5.69 Å². The van der Waals surface area contributed by atoms with Crippen molar-refractivity contribution in [2.45, 2.75) is 39.1 Å². The summed E-state index contributed by atoms with van der Waals surface area (Å²) in [5.41, 5.74) is 1.14. The molecular formula is C14H20FNO2. The summed E-state index contributed by atoms with van der Waals surface area (Å²) in [7, 11) is 0. The number of nitrogens with zero attached hydrogens (tertiary/aromatic N) is 1. The van der Waals surface area contributed by atoms with Crippen LogP contribution in [0.25, 0.3) is 0 Å². The fourth-order valence-corrected chi connectivity index (χ4v) is 2.56. The summed E-state index contributed by atoms with van der Waals surface area (Å²) in [5, 5.41) is 9.77. The Hall–Kier alpha value is -1.13. The number of hydrogen-bond acceptors (Lipinski definition) is 3. The lowest BCUT2D eigenvalue weighted by molar-refractivity contribution is -0.00556. The normalized spacial score (nSPS) is 26.2. The predicted octanol–water partition coefficient (Wildman–Crippen LogP) is 2.49. The summed E-state index contributed by atoms with van der Waals surface area (Å²) in [5.74, 6) is -0.283. The average Bonchev–Trinajstić information content (AvgIpc) is 2.26. The Balaban J connectivity index is 2.37. The van der Waals surface area contributed by atoms with Crippen LogP contribution < -0.4 is 4.90 Å². The van der Waals surface area contributed by atoms with Gasteiger partial charge in [0.25, 0.3) is 0 Å². The van der Waals surface area contributed by atoms with Crippen LogP contribution in [0.1, 0.15) is 32.4 Å². The van der Waals surface area contributed by atoms with E-state index < -0.39 is 6.10 Å². The molecule has 1 aliphatic heterocycles. The minimum Gasteiger partial charge on any atom is -0.389 e. The molecular weight excluding hydrogens is 233 g/mol. The summed E-state index contributed by atoms with van der Waals surface area (Å²) in [4.78, 5) is 1.97. The molecule has 0 spiro atoms. The zero-order valence-electron chi connectivity index (χ0n) is 11.1. The van der Waals surface area contributed by atoms with Gasteiger partial charge in [-0.2, -0.15) is 0 Å². The maximum Gasteiger partial charge on any atom is 0.146 e. The minimum atomic E-state index is -0.677. The van der Waals surface area contributed by atoms with E-state index in [1.54, 1.807) is 19.1 Å². The van der Waals surface area contributed by atoms with E-state index in [-0.39, 0.29) is 18.0 Å². The van der Waals surface area contributed by atoms with Gasteiger partial charge in [0.05, 0.1) is 24.0 Å². The van der Waals surface area contributed by atoms with Crippen molar-refractivity contribution < 1.29 is 14.2 Å². The highest BCUT2D eigenvalue weighted by Gasteiger charge is 2.26. The third kappa shape index (κ3) is 2.65. The second kappa shape index (κ2) is 5.24. The molecule has 1 saturated heterocycles. The number of aliphatic hydroxyl groups excluding tert-OH is 1. The monoisotopic (exact) mass is 253 g/mol. The highest BCUT2D eigenvalue weighted by Crippen LogP contribution is 2.31. The van der Waals surface area contributed by atoms with Crippen molar-refractivity contribution in [3.8, 4) is 0 Å². The molecule has 0 bridgehead atoms. The third-order valence-corrected chi connectivity index (χ3v) is 3.20. The second-order valence-electron chi connectivity index (χ2n) is 5.02. The zero-order chi connectivity index (χ0) is 13.3. The number of anilines is 1. The highest BCUT2D eigenvalue weighted by molar-refractivity contribution is 5.56. The molecule has 1 fully saturated rings. The quantitative estimate of drug-likeness (QED) is 0.879. The molecule has 0 amide bonds. The van der Waals surface area contributed by atoms with E-state index in [0.717, 1.165) is 0 Å². The van der Waals surface area contributed by atoms with Crippen molar-refractivity contribution in [3.63, 3.8) is 0 Å². The smallest absolute Gasteiger partial charge is 0.146 e. The molecule has 1 aromatic rings. The Labute approximate surface area is 107 Å². The van der Waals surface area contributed by atoms with E-state index in [1.807, 2.05) is 18.7 Å². The topological polar surface area (TPSA) is 32.7 Å². The van der Waals surface area contributed by atoms with Crippen molar-refractivity contribution in [1.29, 1.82) is 0 Å². The first-order valence-corrected chi connectivity index (χ1v) is 6.36. The van der Waals surface area contributed by atoms with E-state index in [1.165, 1.54) is 6.07 Å².